The SMILES string of the molecule is CCC1=C(CC)c2cc3[nH]c(cnc4cc(OCCOCCOCCOC)c(OCCOCCOCCOC)cc4ccc4nc(cc1n2)C(CCCO)=C4C)c(C)c3CCCO. The second-order valence-electron chi connectivity index (χ2n) is 15.1. The molecule has 3 N–H and O–H groups in total. The predicted octanol–water partition coefficient (Wildman–Crippen LogP) is 7.73. The van der Waals surface area contributed by atoms with Gasteiger partial charge in [0.15, 0.2) is 11.5 Å². The highest BCUT2D eigenvalue weighted by atomic mass is 16.6. The number of allylic oxidation sites excluding steroid dienone is 4. The molecule has 0 spiro atoms. The maximum absolute atomic E-state index is 9.87. The zero-order chi connectivity index (χ0) is 44.8. The average molecular weight is 873 g/mol. The van der Waals surface area contributed by atoms with Crippen molar-refractivity contribution >= 4 is 44.2 Å². The van der Waals surface area contributed by atoms with Gasteiger partial charge in [-0.2, -0.15) is 0 Å². The smallest absolute Gasteiger partial charge is 0.163 e. The van der Waals surface area contributed by atoms with Crippen LogP contribution in [-0.4, -0.2) is 137 Å². The summed E-state index contributed by atoms with van der Waals surface area (Å²) < 4.78 is 45.4. The third kappa shape index (κ3) is 14.2. The summed E-state index contributed by atoms with van der Waals surface area (Å²) in [5, 5.41) is 20.5. The van der Waals surface area contributed by atoms with Crippen molar-refractivity contribution < 1.29 is 48.1 Å². The van der Waals surface area contributed by atoms with Gasteiger partial charge in [0.1, 0.15) is 13.2 Å². The van der Waals surface area contributed by atoms with Crippen LogP contribution in [0.3, 0.4) is 0 Å². The Hall–Kier alpha value is -4.51. The van der Waals surface area contributed by atoms with Gasteiger partial charge in [0, 0.05) is 44.4 Å². The van der Waals surface area contributed by atoms with E-state index < -0.39 is 0 Å². The lowest BCUT2D eigenvalue weighted by Gasteiger charge is -2.14. The summed E-state index contributed by atoms with van der Waals surface area (Å²) in [6.45, 7) is 13.8. The number of aromatic amines is 1. The number of aliphatic hydroxyl groups is 2. The molecule has 0 fully saturated rings. The second kappa shape index (κ2) is 27.0. The first-order valence-electron chi connectivity index (χ1n) is 22.3. The minimum atomic E-state index is 0.0838. The fraction of sp³-hybridized carbons (Fsp3) is 0.531. The van der Waals surface area contributed by atoms with Crippen molar-refractivity contribution in [2.75, 3.05) is 107 Å². The summed E-state index contributed by atoms with van der Waals surface area (Å²) in [7, 11) is 3.28. The molecule has 2 aromatic heterocycles. The van der Waals surface area contributed by atoms with E-state index in [1.54, 1.807) is 14.2 Å². The highest BCUT2D eigenvalue weighted by Gasteiger charge is 2.22. The summed E-state index contributed by atoms with van der Waals surface area (Å²) in [5.74, 6) is 1.04. The Bertz CT molecular complexity index is 2180. The molecular formula is C49H68N4O10. The lowest BCUT2D eigenvalue weighted by molar-refractivity contribution is 0.0160. The fourth-order valence-corrected chi connectivity index (χ4v) is 7.55. The maximum Gasteiger partial charge on any atom is 0.163 e. The van der Waals surface area contributed by atoms with Crippen molar-refractivity contribution in [1.29, 1.82) is 0 Å². The number of aryl methyl sites for hydroxylation is 2. The molecule has 14 nitrogen and oxygen atoms in total. The first-order chi connectivity index (χ1) is 30.9. The van der Waals surface area contributed by atoms with E-state index in [0.717, 1.165) is 74.3 Å². The Kier molecular flexibility index (Phi) is 21.2. The van der Waals surface area contributed by atoms with E-state index in [9.17, 15) is 10.2 Å². The topological polar surface area (TPSA) is 169 Å². The van der Waals surface area contributed by atoms with Crippen LogP contribution in [0.1, 0.15) is 86.8 Å². The predicted molar refractivity (Wildman–Crippen MR) is 248 cm³/mol. The van der Waals surface area contributed by atoms with E-state index in [1.807, 2.05) is 30.5 Å². The van der Waals surface area contributed by atoms with Gasteiger partial charge in [0.25, 0.3) is 0 Å². The highest BCUT2D eigenvalue weighted by Crippen LogP contribution is 2.38. The minimum Gasteiger partial charge on any atom is -0.487 e. The molecular weight excluding hydrogens is 805 g/mol. The summed E-state index contributed by atoms with van der Waals surface area (Å²) in [6, 6.07) is 12.1. The van der Waals surface area contributed by atoms with Gasteiger partial charge in [-0.3, -0.25) is 4.98 Å². The van der Waals surface area contributed by atoms with Gasteiger partial charge in [-0.1, -0.05) is 19.9 Å². The van der Waals surface area contributed by atoms with E-state index in [0.29, 0.717) is 109 Å². The van der Waals surface area contributed by atoms with E-state index >= 15 is 0 Å². The van der Waals surface area contributed by atoms with Gasteiger partial charge in [-0.05, 0) is 110 Å². The number of benzene rings is 1. The molecule has 3 aromatic rings. The number of rotatable bonds is 28. The number of hydrogen-bond donors (Lipinski definition) is 3. The van der Waals surface area contributed by atoms with Crippen LogP contribution in [0, 0.1) is 6.92 Å². The Morgan fingerprint density at radius 2 is 1.08 bits per heavy atom. The number of nitrogens with zero attached hydrogens (tertiary/aromatic N) is 3. The second-order valence-corrected chi connectivity index (χ2v) is 15.1. The third-order valence-electron chi connectivity index (χ3n) is 10.9. The molecule has 0 atom stereocenters. The van der Waals surface area contributed by atoms with Gasteiger partial charge in [-0.15, -0.1) is 0 Å². The summed E-state index contributed by atoms with van der Waals surface area (Å²) >= 11 is 0. The van der Waals surface area contributed by atoms with Crippen LogP contribution in [0.25, 0.3) is 44.2 Å². The van der Waals surface area contributed by atoms with Gasteiger partial charge < -0.3 is 53.1 Å². The van der Waals surface area contributed by atoms with Crippen LogP contribution < -0.4 is 9.47 Å². The van der Waals surface area contributed by atoms with Crippen LogP contribution in [0.2, 0.25) is 0 Å². The van der Waals surface area contributed by atoms with Gasteiger partial charge in [0.2, 0.25) is 0 Å². The van der Waals surface area contributed by atoms with Crippen LogP contribution in [-0.2, 0) is 34.8 Å². The molecule has 0 amide bonds. The van der Waals surface area contributed by atoms with Crippen LogP contribution in [0.4, 0.5) is 0 Å². The third-order valence-corrected chi connectivity index (χ3v) is 10.9. The molecule has 0 aliphatic carbocycles. The Morgan fingerprint density at radius 3 is 1.67 bits per heavy atom. The van der Waals surface area contributed by atoms with Gasteiger partial charge >= 0.3 is 0 Å². The zero-order valence-electron chi connectivity index (χ0n) is 38.2. The Balaban J connectivity index is 1.65. The van der Waals surface area contributed by atoms with E-state index in [-0.39, 0.29) is 26.4 Å². The number of methoxy groups -OCH3 is 2. The Morgan fingerprint density at radius 1 is 0.556 bits per heavy atom. The molecule has 63 heavy (non-hydrogen) atoms. The van der Waals surface area contributed by atoms with Crippen molar-refractivity contribution in [1.82, 2.24) is 19.9 Å². The number of nitrogens with one attached hydrogen (secondary N) is 1. The molecule has 14 heteroatoms. The molecule has 344 valence electrons. The first kappa shape index (κ1) is 49.5. The van der Waals surface area contributed by atoms with Crippen molar-refractivity contribution in [3.8, 4) is 11.5 Å². The average Bonchev–Trinajstić information content (AvgIpc) is 3.89. The lowest BCUT2D eigenvalue weighted by atomic mass is 9.98. The molecule has 4 heterocycles. The van der Waals surface area contributed by atoms with E-state index in [4.69, 9.17) is 52.8 Å². The highest BCUT2D eigenvalue weighted by molar-refractivity contribution is 5.95. The van der Waals surface area contributed by atoms with Crippen LogP contribution >= 0.6 is 0 Å². The zero-order valence-corrected chi connectivity index (χ0v) is 38.2. The Labute approximate surface area is 372 Å². The van der Waals surface area contributed by atoms with Crippen molar-refractivity contribution in [2.24, 2.45) is 0 Å². The summed E-state index contributed by atoms with van der Waals surface area (Å²) in [4.78, 5) is 19.2. The number of H-pyrrole nitrogens is 1. The van der Waals surface area contributed by atoms with Crippen molar-refractivity contribution in [3.63, 3.8) is 0 Å². The normalized spacial score (nSPS) is 12.7. The van der Waals surface area contributed by atoms with E-state index in [1.165, 1.54) is 11.1 Å². The lowest BCUT2D eigenvalue weighted by Crippen LogP contribution is -2.14. The number of aromatic nitrogens is 4. The molecule has 2 aliphatic heterocycles. The molecule has 0 unspecified atom stereocenters. The van der Waals surface area contributed by atoms with Crippen LogP contribution in [0.5, 0.6) is 11.5 Å². The fourth-order valence-electron chi connectivity index (χ4n) is 7.55. The molecule has 0 radical (unpaired) electrons. The molecule has 0 saturated carbocycles. The quantitative estimate of drug-likeness (QED) is 0.0607. The monoisotopic (exact) mass is 872 g/mol. The molecule has 2 aliphatic rings. The van der Waals surface area contributed by atoms with Crippen LogP contribution in [0.15, 0.2) is 42.6 Å². The van der Waals surface area contributed by atoms with Crippen molar-refractivity contribution in [2.45, 2.75) is 66.2 Å². The minimum absolute atomic E-state index is 0.0838. The summed E-state index contributed by atoms with van der Waals surface area (Å²) in [6.07, 6.45) is 6.13. The number of aliphatic hydroxyl groups excluding tert-OH is 2. The van der Waals surface area contributed by atoms with E-state index in [2.05, 4.69) is 44.8 Å². The summed E-state index contributed by atoms with van der Waals surface area (Å²) in [5.41, 5.74) is 12.7. The van der Waals surface area contributed by atoms with Gasteiger partial charge in [0.05, 0.1) is 106 Å². The van der Waals surface area contributed by atoms with Gasteiger partial charge in [-0.25, -0.2) is 9.97 Å². The van der Waals surface area contributed by atoms with Crippen molar-refractivity contribution in [3.05, 3.63) is 76.5 Å². The first-order valence-corrected chi connectivity index (χ1v) is 22.3. The largest absolute Gasteiger partial charge is 0.487 e. The maximum atomic E-state index is 9.87. The molecule has 6 bridgehead atoms. The number of hydrogen-bond acceptors (Lipinski definition) is 13. The molecule has 5 rings (SSSR count). The molecule has 1 aromatic carbocycles. The number of ether oxygens (including phenoxy) is 8. The number of fused-ring (bicyclic) bond motifs is 7. The molecule has 0 saturated heterocycles. The standard InChI is InChI=1S/C49H68N4O10/c1-7-37-38(8-2)44-31-46-40(12-10-16-55)35(4)47(53-46)33-50-42-32-49(63-28-26-61-24-22-59-20-18-57-6)48(62-27-25-60-23-21-58-19-17-56-5)29-36(42)13-14-41-34(3)39(11-9-15-54)45(51-41)30-43(37)52-44/h13-14,29-33,53-55H,7-12,15-28H2,1-6H3.